The molecule has 0 radical (unpaired) electrons. The Bertz CT molecular complexity index is 3680. The number of aliphatic hydroxyl groups is 2. The molecule has 9 rings (SSSR count). The number of likely N-dealkylation sites (tertiary alicyclic amines) is 1. The van der Waals surface area contributed by atoms with Gasteiger partial charge in [0.25, 0.3) is 11.8 Å². The molecule has 1 aliphatic carbocycles. The van der Waals surface area contributed by atoms with E-state index >= 15 is 0 Å². The van der Waals surface area contributed by atoms with Gasteiger partial charge in [-0.3, -0.25) is 44.0 Å². The molecule has 100 heavy (non-hydrogen) atoms. The summed E-state index contributed by atoms with van der Waals surface area (Å²) >= 11 is 1.67. The number of thiazole rings is 1. The lowest BCUT2D eigenvalue weighted by Gasteiger charge is -2.54. The zero-order valence-corrected chi connectivity index (χ0v) is 59.3. The second kappa shape index (κ2) is 36.5. The van der Waals surface area contributed by atoms with Crippen LogP contribution in [-0.2, 0) is 69.1 Å². The predicted molar refractivity (Wildman–Crippen MR) is 380 cm³/mol. The average molecular weight is 1400 g/mol. The van der Waals surface area contributed by atoms with Crippen LogP contribution in [-0.4, -0.2) is 196 Å². The number of carbonyl (C=O) groups is 7. The predicted octanol–water partition coefficient (Wildman–Crippen LogP) is 9.22. The van der Waals surface area contributed by atoms with Crippen LogP contribution in [0.15, 0.2) is 90.1 Å². The Labute approximate surface area is 589 Å². The number of imide groups is 1. The number of benzene rings is 3. The van der Waals surface area contributed by atoms with Crippen LogP contribution < -0.4 is 20.1 Å². The molecule has 4 atom stereocenters. The molecule has 24 nitrogen and oxygen atoms in total. The first kappa shape index (κ1) is 76.1. The lowest BCUT2D eigenvalue weighted by molar-refractivity contribution is -0.149. The number of aryl methyl sites for hydroxylation is 1. The monoisotopic (exact) mass is 1400 g/mol. The summed E-state index contributed by atoms with van der Waals surface area (Å²) in [7, 11) is 0. The molecule has 4 unspecified atom stereocenters. The molecular formula is C75H99N9O15S. The molecule has 5 heterocycles. The molecule has 3 aromatic carbocycles. The minimum Gasteiger partial charge on any atom is -0.491 e. The number of rotatable bonds is 35. The van der Waals surface area contributed by atoms with Crippen molar-refractivity contribution in [2.24, 2.45) is 15.8 Å². The summed E-state index contributed by atoms with van der Waals surface area (Å²) in [6, 6.07) is 19.5. The van der Waals surface area contributed by atoms with Gasteiger partial charge in [-0.15, -0.1) is 11.3 Å². The number of piperidine rings is 1. The van der Waals surface area contributed by atoms with E-state index in [-0.39, 0.29) is 106 Å². The number of nitrogens with zero attached hydrogens (tertiary/aromatic N) is 7. The van der Waals surface area contributed by atoms with Crippen molar-refractivity contribution in [1.29, 1.82) is 0 Å². The number of carboxylic acids is 1. The van der Waals surface area contributed by atoms with Crippen molar-refractivity contribution in [3.05, 3.63) is 113 Å². The van der Waals surface area contributed by atoms with Crippen molar-refractivity contribution in [1.82, 2.24) is 40.1 Å². The average Bonchev–Trinajstić information content (AvgIpc) is 1.03. The lowest BCUT2D eigenvalue weighted by atomic mass is 9.56. The van der Waals surface area contributed by atoms with Gasteiger partial charge in [0.2, 0.25) is 5.91 Å². The molecule has 5 N–H and O–H groups in total. The van der Waals surface area contributed by atoms with Crippen LogP contribution in [0.2, 0.25) is 0 Å². The number of ether oxygens (including phenoxy) is 5. The topological polar surface area (TPSA) is 303 Å². The molecule has 2 aromatic heterocycles. The summed E-state index contributed by atoms with van der Waals surface area (Å²) in [6.07, 6.45) is 14.2. The molecule has 4 aliphatic rings. The van der Waals surface area contributed by atoms with Gasteiger partial charge in [-0.25, -0.2) is 14.6 Å². The number of aliphatic carboxylic acids is 1. The van der Waals surface area contributed by atoms with Gasteiger partial charge in [0.15, 0.2) is 18.1 Å². The fourth-order valence-electron chi connectivity index (χ4n) is 14.7. The van der Waals surface area contributed by atoms with Gasteiger partial charge in [-0.2, -0.15) is 5.10 Å². The van der Waals surface area contributed by atoms with Gasteiger partial charge < -0.3 is 54.0 Å². The van der Waals surface area contributed by atoms with Gasteiger partial charge in [0.1, 0.15) is 36.0 Å². The third kappa shape index (κ3) is 20.6. The van der Waals surface area contributed by atoms with E-state index in [0.29, 0.717) is 101 Å². The Balaban J connectivity index is 0.798. The third-order valence-corrected chi connectivity index (χ3v) is 20.7. The highest BCUT2D eigenvalue weighted by Crippen LogP contribution is 2.55. The van der Waals surface area contributed by atoms with E-state index in [2.05, 4.69) is 72.2 Å². The maximum absolute atomic E-state index is 13.8. The zero-order chi connectivity index (χ0) is 71.2. The SMILES string of the molecule is CCC1(Cn2ncc(C3=C/CCCc4cccc(-c5nc6ccccc6s5)c4CNC/N=C\3C(=O)O)c2C)CC(C)(C)CC(CC)(OCCN(CCCC=O)C2CCN(C(=O)OCc3ccc(OC(C=O)CC(O)CCO)cc3OCCOCCNC(=O)CCN3C(=O)C=CC3=O)CC2)C1. The number of hydrogen-bond acceptors (Lipinski definition) is 20. The first-order chi connectivity index (χ1) is 48.3. The van der Waals surface area contributed by atoms with Gasteiger partial charge in [-0.05, 0) is 137 Å². The van der Waals surface area contributed by atoms with Crippen LogP contribution in [0.1, 0.15) is 146 Å². The number of para-hydroxylation sites is 1. The first-order valence-electron chi connectivity index (χ1n) is 35.2. The third-order valence-electron chi connectivity index (χ3n) is 19.6. The highest BCUT2D eigenvalue weighted by Gasteiger charge is 2.51. The molecule has 0 spiro atoms. The Morgan fingerprint density at radius 3 is 2.48 bits per heavy atom. The van der Waals surface area contributed by atoms with Crippen molar-refractivity contribution in [2.75, 3.05) is 79.0 Å². The maximum Gasteiger partial charge on any atom is 0.410 e. The zero-order valence-electron chi connectivity index (χ0n) is 58.5. The minimum atomic E-state index is -1.09. The number of aromatic nitrogens is 3. The van der Waals surface area contributed by atoms with Crippen LogP contribution in [0.3, 0.4) is 0 Å². The highest BCUT2D eigenvalue weighted by molar-refractivity contribution is 7.21. The second-order valence-corrected chi connectivity index (χ2v) is 28.4. The van der Waals surface area contributed by atoms with Crippen molar-refractivity contribution in [3.63, 3.8) is 0 Å². The number of aliphatic hydroxyl groups excluding tert-OH is 2. The molecule has 2 fully saturated rings. The van der Waals surface area contributed by atoms with Crippen LogP contribution in [0.5, 0.6) is 11.5 Å². The Morgan fingerprint density at radius 2 is 1.74 bits per heavy atom. The van der Waals surface area contributed by atoms with E-state index in [1.807, 2.05) is 37.4 Å². The van der Waals surface area contributed by atoms with Crippen molar-refractivity contribution in [3.8, 4) is 22.1 Å². The Kier molecular flexibility index (Phi) is 27.8. The van der Waals surface area contributed by atoms with Crippen LogP contribution in [0.4, 0.5) is 4.79 Å². The number of aliphatic imine (C=N–C) groups is 1. The van der Waals surface area contributed by atoms with E-state index in [9.17, 15) is 48.9 Å². The number of fused-ring (bicyclic) bond motifs is 2. The molecule has 25 heteroatoms. The summed E-state index contributed by atoms with van der Waals surface area (Å²) in [4.78, 5) is 101. The number of unbranched alkanes of at least 4 members (excludes halogenated alkanes) is 1. The second-order valence-electron chi connectivity index (χ2n) is 27.4. The molecular weight excluding hydrogens is 1300 g/mol. The number of aldehydes is 2. The standard InChI is InChI=1S/C75H99N9O15S/c1-6-74(50-84-52(3)61(44-79-84)59-17-9-8-15-53-16-14-18-60(62(53)43-76-51-78-69(59)71(92)93)70-80-63-19-10-11-20-65(63)100-70)47-73(4,5)48-75(7-2,49-74)98-38-34-81(30-12-13-35-85)55-25-31-82(32-26-55)72(94)97-46-54-21-22-57(99-58(45-87)41-56(88)28-36-86)42-64(54)96-40-39-95-37-29-77-66(89)27-33-83-67(90)23-24-68(83)91/h10-11,14,16-24,35,42,44-45,55-56,58,76,86,88H,6-9,12-13,15,25-34,36-41,43,46-51H2,1-5H3,(H,77,89)(H,92,93)/b59-17-,78-69+. The molecule has 1 saturated heterocycles. The number of amides is 4. The first-order valence-corrected chi connectivity index (χ1v) is 36.1. The largest absolute Gasteiger partial charge is 0.491 e. The summed E-state index contributed by atoms with van der Waals surface area (Å²) < 4.78 is 34.1. The minimum absolute atomic E-state index is 0.00358. The normalized spacial score (nSPS) is 20.7. The molecule has 540 valence electrons. The lowest BCUT2D eigenvalue weighted by Crippen LogP contribution is -2.52. The fourth-order valence-corrected chi connectivity index (χ4v) is 15.7. The van der Waals surface area contributed by atoms with Crippen molar-refractivity contribution >= 4 is 75.2 Å². The van der Waals surface area contributed by atoms with Gasteiger partial charge in [-0.1, -0.05) is 64.1 Å². The number of carboxylic acid groups (broad SMARTS) is 1. The van der Waals surface area contributed by atoms with E-state index in [1.54, 1.807) is 34.4 Å². The number of carbonyl (C=O) groups excluding carboxylic acids is 6. The van der Waals surface area contributed by atoms with E-state index in [0.717, 1.165) is 106 Å². The van der Waals surface area contributed by atoms with Crippen LogP contribution in [0.25, 0.3) is 26.4 Å². The van der Waals surface area contributed by atoms with Gasteiger partial charge in [0, 0.05) is 124 Å². The van der Waals surface area contributed by atoms with E-state index in [4.69, 9.17) is 38.8 Å². The smallest absolute Gasteiger partial charge is 0.410 e. The molecule has 1 saturated carbocycles. The molecule has 0 bridgehead atoms. The highest BCUT2D eigenvalue weighted by atomic mass is 32.1. The van der Waals surface area contributed by atoms with Crippen LogP contribution in [0, 0.1) is 17.8 Å². The fraction of sp³-hybridized carbons (Fsp3) is 0.547. The molecule has 5 aromatic rings. The summed E-state index contributed by atoms with van der Waals surface area (Å²) in [6.45, 7) is 15.1. The summed E-state index contributed by atoms with van der Waals surface area (Å²) in [5.74, 6) is -1.81. The van der Waals surface area contributed by atoms with Crippen LogP contribution >= 0.6 is 11.3 Å². The quantitative estimate of drug-likeness (QED) is 0.0143. The van der Waals surface area contributed by atoms with Crippen molar-refractivity contribution in [2.45, 2.75) is 174 Å². The van der Waals surface area contributed by atoms with Crippen molar-refractivity contribution < 1.29 is 72.6 Å². The molecule has 3 aliphatic heterocycles. The summed E-state index contributed by atoms with van der Waals surface area (Å²) in [5, 5.41) is 42.5. The Hall–Kier alpha value is -8.04. The summed E-state index contributed by atoms with van der Waals surface area (Å²) in [5.41, 5.74) is 6.43. The van der Waals surface area contributed by atoms with E-state index < -0.39 is 41.7 Å². The van der Waals surface area contributed by atoms with E-state index in [1.165, 1.54) is 5.56 Å². The maximum atomic E-state index is 13.8. The Morgan fingerprint density at radius 1 is 0.940 bits per heavy atom. The molecule has 4 amide bonds. The van der Waals surface area contributed by atoms with Gasteiger partial charge >= 0.3 is 12.1 Å². The number of allylic oxidation sites excluding steroid dienone is 1. The number of hydrogen-bond donors (Lipinski definition) is 5. The van der Waals surface area contributed by atoms with Gasteiger partial charge in [0.05, 0.1) is 54.6 Å². The number of nitrogens with one attached hydrogen (secondary N) is 2.